The molecule has 3 rings (SSSR count). The van der Waals surface area contributed by atoms with Crippen LogP contribution in [0.25, 0.3) is 0 Å². The molecule has 0 bridgehead atoms. The van der Waals surface area contributed by atoms with Crippen molar-refractivity contribution in [2.75, 3.05) is 0 Å². The van der Waals surface area contributed by atoms with Crippen LogP contribution in [-0.4, -0.2) is 17.2 Å². The average molecular weight is 320 g/mol. The summed E-state index contributed by atoms with van der Waals surface area (Å²) < 4.78 is 7.13. The van der Waals surface area contributed by atoms with Crippen LogP contribution in [0, 0.1) is 0 Å². The van der Waals surface area contributed by atoms with E-state index in [-0.39, 0.29) is 0 Å². The van der Waals surface area contributed by atoms with Gasteiger partial charge in [0.1, 0.15) is 0 Å². The summed E-state index contributed by atoms with van der Waals surface area (Å²) >= 11 is 0. The molecular weight excluding hydrogens is 302 g/mol. The second-order valence-corrected chi connectivity index (χ2v) is 5.31. The Morgan fingerprint density at radius 3 is 2.08 bits per heavy atom. The van der Waals surface area contributed by atoms with Crippen LogP contribution in [0.4, 0.5) is 0 Å². The largest absolute Gasteiger partial charge is 0.447 e. The molecule has 24 heavy (non-hydrogen) atoms. The predicted molar refractivity (Wildman–Crippen MR) is 90.9 cm³/mol. The van der Waals surface area contributed by atoms with Gasteiger partial charge in [-0.2, -0.15) is 0 Å². The van der Waals surface area contributed by atoms with E-state index >= 15 is 0 Å². The Bertz CT molecular complexity index is 807. The van der Waals surface area contributed by atoms with E-state index in [0.717, 1.165) is 11.1 Å². The van der Waals surface area contributed by atoms with E-state index in [1.54, 1.807) is 23.1 Å². The third-order valence-electron chi connectivity index (χ3n) is 3.46. The van der Waals surface area contributed by atoms with Gasteiger partial charge in [-0.05, 0) is 22.4 Å². The lowest BCUT2D eigenvalue weighted by Gasteiger charge is -2.04. The highest BCUT2D eigenvalue weighted by Crippen LogP contribution is 2.07. The number of carbonyl (C=O) groups is 1. The van der Waals surface area contributed by atoms with Gasteiger partial charge < -0.3 is 4.42 Å². The molecule has 1 aromatic heterocycles. The standard InChI is InChI=1S/C20H18NO3/c22-15-20-12-11-19(24-20)14-21(13-17-7-3-1-4-8-17)23-16-18-9-5-2-6-10-18/h1-12,14-15H,13,16H2/q+1. The summed E-state index contributed by atoms with van der Waals surface area (Å²) in [5.41, 5.74) is 2.20. The molecule has 120 valence electrons. The first-order chi connectivity index (χ1) is 11.8. The molecule has 0 N–H and O–H groups in total. The number of hydroxylamine groups is 1. The highest BCUT2D eigenvalue weighted by Gasteiger charge is 2.11. The highest BCUT2D eigenvalue weighted by atomic mass is 16.7. The Morgan fingerprint density at radius 1 is 0.833 bits per heavy atom. The van der Waals surface area contributed by atoms with Gasteiger partial charge in [-0.25, -0.2) is 0 Å². The fourth-order valence-corrected chi connectivity index (χ4v) is 2.27. The molecule has 0 amide bonds. The van der Waals surface area contributed by atoms with Crippen LogP contribution in [0.3, 0.4) is 0 Å². The van der Waals surface area contributed by atoms with E-state index in [2.05, 4.69) is 0 Å². The average Bonchev–Trinajstić information content (AvgIpc) is 3.09. The monoisotopic (exact) mass is 320 g/mol. The highest BCUT2D eigenvalue weighted by molar-refractivity contribution is 5.76. The van der Waals surface area contributed by atoms with E-state index in [4.69, 9.17) is 9.25 Å². The maximum atomic E-state index is 10.8. The Balaban J connectivity index is 1.78. The normalized spacial score (nSPS) is 11.2. The molecule has 4 heteroatoms. The second-order valence-electron chi connectivity index (χ2n) is 5.31. The Hall–Kier alpha value is -3.14. The molecule has 0 atom stereocenters. The fraction of sp³-hybridized carbons (Fsp3) is 0.100. The van der Waals surface area contributed by atoms with Crippen LogP contribution < -0.4 is 0 Å². The number of hydrogen-bond acceptors (Lipinski definition) is 3. The van der Waals surface area contributed by atoms with E-state index in [0.29, 0.717) is 31.0 Å². The van der Waals surface area contributed by atoms with Crippen molar-refractivity contribution in [3.8, 4) is 0 Å². The van der Waals surface area contributed by atoms with E-state index < -0.39 is 0 Å². The minimum Gasteiger partial charge on any atom is -0.447 e. The van der Waals surface area contributed by atoms with Crippen molar-refractivity contribution in [3.05, 3.63) is 95.4 Å². The smallest absolute Gasteiger partial charge is 0.258 e. The Labute approximate surface area is 140 Å². The van der Waals surface area contributed by atoms with Gasteiger partial charge in [0.15, 0.2) is 24.4 Å². The van der Waals surface area contributed by atoms with Gasteiger partial charge in [0.05, 0.1) is 0 Å². The first-order valence-corrected chi connectivity index (χ1v) is 7.71. The van der Waals surface area contributed by atoms with Crippen LogP contribution in [0.5, 0.6) is 0 Å². The maximum Gasteiger partial charge on any atom is 0.258 e. The van der Waals surface area contributed by atoms with Crippen molar-refractivity contribution < 1.29 is 18.8 Å². The molecule has 1 heterocycles. The predicted octanol–water partition coefficient (Wildman–Crippen LogP) is 3.86. The molecule has 0 unspecified atom stereocenters. The molecule has 0 spiro atoms. The molecule has 0 aliphatic carbocycles. The molecule has 0 aliphatic rings. The van der Waals surface area contributed by atoms with Gasteiger partial charge in [0.2, 0.25) is 6.54 Å². The molecule has 3 aromatic rings. The lowest BCUT2D eigenvalue weighted by atomic mass is 10.2. The van der Waals surface area contributed by atoms with Crippen molar-refractivity contribution in [1.82, 2.24) is 0 Å². The number of aldehydes is 1. The second kappa shape index (κ2) is 7.92. The van der Waals surface area contributed by atoms with E-state index in [1.807, 2.05) is 60.7 Å². The number of nitrogens with zero attached hydrogens (tertiary/aromatic N) is 1. The topological polar surface area (TPSA) is 42.5 Å². The van der Waals surface area contributed by atoms with Crippen molar-refractivity contribution in [2.45, 2.75) is 13.2 Å². The zero-order valence-electron chi connectivity index (χ0n) is 13.2. The maximum absolute atomic E-state index is 10.8. The first kappa shape index (κ1) is 15.7. The van der Waals surface area contributed by atoms with Crippen LogP contribution in [0.2, 0.25) is 0 Å². The third kappa shape index (κ3) is 4.43. The quantitative estimate of drug-likeness (QED) is 0.287. The molecular formula is C20H18NO3+. The van der Waals surface area contributed by atoms with Crippen molar-refractivity contribution in [2.24, 2.45) is 0 Å². The zero-order valence-corrected chi connectivity index (χ0v) is 13.2. The Kier molecular flexibility index (Phi) is 5.20. The summed E-state index contributed by atoms with van der Waals surface area (Å²) in [4.78, 5) is 16.7. The lowest BCUT2D eigenvalue weighted by molar-refractivity contribution is -0.801. The van der Waals surface area contributed by atoms with Crippen LogP contribution in [-0.2, 0) is 18.0 Å². The van der Waals surface area contributed by atoms with Gasteiger partial charge in [-0.1, -0.05) is 60.7 Å². The van der Waals surface area contributed by atoms with Crippen LogP contribution in [0.1, 0.15) is 27.4 Å². The SMILES string of the molecule is O=Cc1ccc(C=[N+](Cc2ccccc2)OCc2ccccc2)o1. The zero-order chi connectivity index (χ0) is 16.6. The molecule has 0 saturated carbocycles. The number of hydrogen-bond donors (Lipinski definition) is 0. The minimum absolute atomic E-state index is 0.295. The van der Waals surface area contributed by atoms with Crippen molar-refractivity contribution >= 4 is 12.5 Å². The van der Waals surface area contributed by atoms with Gasteiger partial charge in [-0.3, -0.25) is 9.63 Å². The number of rotatable bonds is 7. The van der Waals surface area contributed by atoms with Crippen molar-refractivity contribution in [3.63, 3.8) is 0 Å². The third-order valence-corrected chi connectivity index (χ3v) is 3.46. The van der Waals surface area contributed by atoms with Crippen LogP contribution in [0.15, 0.2) is 77.2 Å². The molecule has 2 aromatic carbocycles. The van der Waals surface area contributed by atoms with Gasteiger partial charge in [0.25, 0.3) is 6.21 Å². The number of furan rings is 1. The summed E-state index contributed by atoms with van der Waals surface area (Å²) in [5.74, 6) is 0.866. The summed E-state index contributed by atoms with van der Waals surface area (Å²) in [7, 11) is 0. The lowest BCUT2D eigenvalue weighted by Crippen LogP contribution is -2.14. The summed E-state index contributed by atoms with van der Waals surface area (Å²) in [5, 5.41) is 0. The Morgan fingerprint density at radius 2 is 1.46 bits per heavy atom. The van der Waals surface area contributed by atoms with Gasteiger partial charge in [-0.15, -0.1) is 0 Å². The van der Waals surface area contributed by atoms with Gasteiger partial charge >= 0.3 is 0 Å². The van der Waals surface area contributed by atoms with Gasteiger partial charge in [0, 0.05) is 5.56 Å². The number of benzene rings is 2. The van der Waals surface area contributed by atoms with Crippen molar-refractivity contribution in [1.29, 1.82) is 0 Å². The molecule has 4 nitrogen and oxygen atoms in total. The summed E-state index contributed by atoms with van der Waals surface area (Å²) in [6, 6.07) is 23.4. The molecule has 0 saturated heterocycles. The molecule has 0 fully saturated rings. The fourth-order valence-electron chi connectivity index (χ4n) is 2.27. The summed E-state index contributed by atoms with van der Waals surface area (Å²) in [6.45, 7) is 1.02. The molecule has 0 aliphatic heterocycles. The number of carbonyl (C=O) groups excluding carboxylic acids is 1. The molecule has 0 radical (unpaired) electrons. The van der Waals surface area contributed by atoms with E-state index in [9.17, 15) is 4.79 Å². The minimum atomic E-state index is 0.295. The first-order valence-electron chi connectivity index (χ1n) is 7.71. The van der Waals surface area contributed by atoms with E-state index in [1.165, 1.54) is 0 Å². The van der Waals surface area contributed by atoms with Crippen LogP contribution >= 0.6 is 0 Å². The summed E-state index contributed by atoms with van der Waals surface area (Å²) in [6.07, 6.45) is 2.44.